The molecule has 2 aromatic heterocycles. The predicted octanol–water partition coefficient (Wildman–Crippen LogP) is 6.87. The number of sulfonamides is 1. The van der Waals surface area contributed by atoms with Crippen LogP contribution in [0.3, 0.4) is 0 Å². The molecule has 3 fully saturated rings. The number of carbonyl (C=O) groups excluding carboxylic acids is 3. The number of nitrogens with zero attached hydrogens (tertiary/aromatic N) is 4. The molecule has 2 saturated carbocycles. The Hall–Kier alpha value is -5.53. The van der Waals surface area contributed by atoms with Gasteiger partial charge in [0.05, 0.1) is 36.7 Å². The Morgan fingerprint density at radius 3 is 2.67 bits per heavy atom. The van der Waals surface area contributed by atoms with Gasteiger partial charge in [-0.1, -0.05) is 51.0 Å². The zero-order valence-corrected chi connectivity index (χ0v) is 35.5. The van der Waals surface area contributed by atoms with Crippen molar-refractivity contribution >= 4 is 61.4 Å². The van der Waals surface area contributed by atoms with E-state index in [9.17, 15) is 22.8 Å². The summed E-state index contributed by atoms with van der Waals surface area (Å²) in [5, 5.41) is 9.15. The van der Waals surface area contributed by atoms with E-state index in [2.05, 4.69) is 34.0 Å². The van der Waals surface area contributed by atoms with Gasteiger partial charge in [-0.2, -0.15) is 0 Å². The summed E-state index contributed by atoms with van der Waals surface area (Å²) in [7, 11) is -2.31. The molecule has 16 heteroatoms. The monoisotopic (exact) mass is 851 g/mol. The fourth-order valence-corrected chi connectivity index (χ4v) is 10.4. The maximum absolute atomic E-state index is 14.9. The second kappa shape index (κ2) is 16.8. The normalized spacial score (nSPS) is 25.2. The highest BCUT2D eigenvalue weighted by Gasteiger charge is 2.62. The van der Waals surface area contributed by atoms with Gasteiger partial charge < -0.3 is 25.0 Å². The van der Waals surface area contributed by atoms with Crippen molar-refractivity contribution in [3.8, 4) is 22.2 Å². The highest BCUT2D eigenvalue weighted by atomic mass is 32.2. The summed E-state index contributed by atoms with van der Waals surface area (Å²) in [5.41, 5.74) is 1.73. The molecule has 60 heavy (non-hydrogen) atoms. The number of pyridine rings is 1. The van der Waals surface area contributed by atoms with Crippen LogP contribution in [0.25, 0.3) is 26.4 Å². The maximum Gasteiger partial charge on any atom is 0.259 e. The first-order valence-corrected chi connectivity index (χ1v) is 23.0. The highest BCUT2D eigenvalue weighted by Crippen LogP contribution is 2.46. The van der Waals surface area contributed by atoms with E-state index in [1.165, 1.54) is 16.2 Å². The van der Waals surface area contributed by atoms with Crippen LogP contribution in [0.2, 0.25) is 0 Å². The molecule has 2 aromatic carbocycles. The summed E-state index contributed by atoms with van der Waals surface area (Å²) < 4.78 is 40.5. The number of benzene rings is 2. The molecule has 2 aliphatic carbocycles. The smallest absolute Gasteiger partial charge is 0.259 e. The minimum atomic E-state index is -3.89. The van der Waals surface area contributed by atoms with Crippen molar-refractivity contribution in [2.45, 2.75) is 107 Å². The molecule has 0 radical (unpaired) electrons. The van der Waals surface area contributed by atoms with Crippen LogP contribution in [-0.2, 0) is 24.4 Å². The molecular formula is C44H49N7O7S2. The molecule has 4 aliphatic rings. The van der Waals surface area contributed by atoms with Gasteiger partial charge in [-0.3, -0.25) is 19.1 Å². The van der Waals surface area contributed by atoms with Crippen molar-refractivity contribution < 1.29 is 32.3 Å². The number of thiazole rings is 1. The third-order valence-electron chi connectivity index (χ3n) is 11.8. The predicted molar refractivity (Wildman–Crippen MR) is 229 cm³/mol. The van der Waals surface area contributed by atoms with Crippen LogP contribution in [-0.4, -0.2) is 83.6 Å². The lowest BCUT2D eigenvalue weighted by atomic mass is 10.0. The first kappa shape index (κ1) is 41.2. The molecule has 14 nitrogen and oxygen atoms in total. The van der Waals surface area contributed by atoms with Crippen molar-refractivity contribution in [2.75, 3.05) is 19.0 Å². The Bertz CT molecular complexity index is 2490. The zero-order chi connectivity index (χ0) is 42.2. The first-order chi connectivity index (χ1) is 28.9. The second-order valence-corrected chi connectivity index (χ2v) is 19.3. The van der Waals surface area contributed by atoms with Crippen molar-refractivity contribution in [2.24, 2.45) is 5.92 Å². The van der Waals surface area contributed by atoms with Crippen LogP contribution in [0, 0.1) is 12.5 Å². The van der Waals surface area contributed by atoms with E-state index >= 15 is 0 Å². The molecule has 8 rings (SSSR count). The Kier molecular flexibility index (Phi) is 11.6. The van der Waals surface area contributed by atoms with Crippen LogP contribution in [0.1, 0.15) is 83.2 Å². The van der Waals surface area contributed by atoms with Gasteiger partial charge in [0.1, 0.15) is 45.9 Å². The molecule has 5 atom stereocenters. The minimum Gasteiger partial charge on any atom is -0.497 e. The van der Waals surface area contributed by atoms with Crippen molar-refractivity contribution in [1.82, 2.24) is 24.9 Å². The lowest BCUT2D eigenvalue weighted by Gasteiger charge is -2.30. The highest BCUT2D eigenvalue weighted by molar-refractivity contribution is 7.91. The molecule has 0 bridgehead atoms. The number of carbonyl (C=O) groups is 3. The third kappa shape index (κ3) is 8.69. The number of allylic oxidation sites excluding steroid dienone is 1. The Morgan fingerprint density at radius 1 is 1.08 bits per heavy atom. The second-order valence-electron chi connectivity index (χ2n) is 16.5. The molecule has 2 aliphatic heterocycles. The molecule has 0 spiro atoms. The molecular weight excluding hydrogens is 803 g/mol. The first-order valence-electron chi connectivity index (χ1n) is 20.6. The number of hydrogen-bond donors (Lipinski definition) is 3. The average Bonchev–Trinajstić information content (AvgIpc) is 4.11. The maximum atomic E-state index is 14.9. The van der Waals surface area contributed by atoms with Gasteiger partial charge in [0.2, 0.25) is 21.8 Å². The number of anilines is 1. The van der Waals surface area contributed by atoms with Crippen LogP contribution < -0.4 is 24.8 Å². The molecule has 1 saturated heterocycles. The summed E-state index contributed by atoms with van der Waals surface area (Å²) in [6.45, 7) is 11.7. The number of hydrogen-bond acceptors (Lipinski definition) is 11. The number of nitrogens with one attached hydrogen (secondary N) is 3. The van der Waals surface area contributed by atoms with E-state index in [1.807, 2.05) is 41.8 Å². The van der Waals surface area contributed by atoms with Gasteiger partial charge >= 0.3 is 0 Å². The van der Waals surface area contributed by atoms with Crippen LogP contribution in [0.15, 0.2) is 66.1 Å². The SMILES string of the molecule is [C-]#[N+]c1cccc(N[C@H]2CCCCC/C=C\[C@@H]3C[C@@]3(C(=O)NS(=O)(=O)C3CC3)NC(=O)[C@@H]3C[C@@H](Oc4cc(-c5nc(C(C)C)cs5)nc5cc(OC)ccc45)CN3C2=O)c1. The molecule has 314 valence electrons. The number of rotatable bonds is 10. The van der Waals surface area contributed by atoms with Gasteiger partial charge in [-0.05, 0) is 68.7 Å². The van der Waals surface area contributed by atoms with E-state index in [-0.39, 0.29) is 31.2 Å². The molecule has 3 N–H and O–H groups in total. The Labute approximate surface area is 354 Å². The minimum absolute atomic E-state index is 0.0554. The molecule has 4 aromatic rings. The standard InChI is InChI=1S/C44H49N7O7S2/c1-26(2)37-25-59-41(48-37)36-22-39(33-18-15-30(57-4)20-35(33)47-36)58-31-21-38-40(52)49-44(43(54)50-60(55,56)32-16-17-32)23-27(44)11-8-6-5-7-9-14-34(42(53)51(38)24-31)46-29-13-10-12-28(19-29)45-3/h8,10-13,15,18-20,22,25-27,31-32,34,38,46H,5-7,9,14,16-17,21,23-24H2,1-2,4H3,(H,49,52)(H,50,54)/b11-8-/t27-,31-,34+,38+,44-/m1/s1. The summed E-state index contributed by atoms with van der Waals surface area (Å²) in [6.07, 6.45) is 8.12. The number of ether oxygens (including phenoxy) is 2. The fraction of sp³-hybridized carbons (Fsp3) is 0.455. The van der Waals surface area contributed by atoms with Gasteiger partial charge in [-0.25, -0.2) is 23.2 Å². The summed E-state index contributed by atoms with van der Waals surface area (Å²) >= 11 is 1.49. The Balaban J connectivity index is 1.14. The van der Waals surface area contributed by atoms with Crippen LogP contribution in [0.5, 0.6) is 11.5 Å². The van der Waals surface area contributed by atoms with Gasteiger partial charge in [0.15, 0.2) is 5.69 Å². The van der Waals surface area contributed by atoms with Crippen molar-refractivity contribution in [1.29, 1.82) is 0 Å². The van der Waals surface area contributed by atoms with Gasteiger partial charge in [-0.15, -0.1) is 11.3 Å². The van der Waals surface area contributed by atoms with E-state index in [4.69, 9.17) is 26.0 Å². The van der Waals surface area contributed by atoms with Gasteiger partial charge in [0, 0.05) is 40.9 Å². The number of fused-ring (bicyclic) bond motifs is 3. The van der Waals surface area contributed by atoms with E-state index < -0.39 is 56.7 Å². The van der Waals surface area contributed by atoms with Crippen molar-refractivity contribution in [3.63, 3.8) is 0 Å². The summed E-state index contributed by atoms with van der Waals surface area (Å²) in [6, 6.07) is 12.5. The topological polar surface area (TPSA) is 173 Å². The third-order valence-corrected chi connectivity index (χ3v) is 14.5. The zero-order valence-electron chi connectivity index (χ0n) is 33.8. The number of amides is 3. The van der Waals surface area contributed by atoms with E-state index in [0.29, 0.717) is 58.7 Å². The average molecular weight is 852 g/mol. The van der Waals surface area contributed by atoms with Crippen LogP contribution >= 0.6 is 11.3 Å². The molecule has 3 amide bonds. The summed E-state index contributed by atoms with van der Waals surface area (Å²) in [5.74, 6) is -0.726. The summed E-state index contributed by atoms with van der Waals surface area (Å²) in [4.78, 5) is 58.3. The quantitative estimate of drug-likeness (QED) is 0.113. The van der Waals surface area contributed by atoms with E-state index in [1.54, 1.807) is 31.4 Å². The van der Waals surface area contributed by atoms with Crippen molar-refractivity contribution in [3.05, 3.63) is 83.2 Å². The van der Waals surface area contributed by atoms with Crippen LogP contribution in [0.4, 0.5) is 11.4 Å². The largest absolute Gasteiger partial charge is 0.497 e. The lowest BCUT2D eigenvalue weighted by Crippen LogP contribution is -2.57. The lowest BCUT2D eigenvalue weighted by molar-refractivity contribution is -0.140. The van der Waals surface area contributed by atoms with Gasteiger partial charge in [0.25, 0.3) is 5.91 Å². The number of methoxy groups -OCH3 is 1. The van der Waals surface area contributed by atoms with E-state index in [0.717, 1.165) is 36.4 Å². The molecule has 0 unspecified atom stereocenters. The fourth-order valence-electron chi connectivity index (χ4n) is 8.07. The number of aromatic nitrogens is 2. The molecule has 4 heterocycles. The Morgan fingerprint density at radius 2 is 1.92 bits per heavy atom.